The van der Waals surface area contributed by atoms with E-state index in [9.17, 15) is 18.0 Å². The molecule has 1 N–H and O–H groups in total. The number of alkyl halides is 3. The van der Waals surface area contributed by atoms with Crippen LogP contribution in [-0.2, 0) is 11.0 Å². The predicted octanol–water partition coefficient (Wildman–Crippen LogP) is 5.64. The zero-order valence-electron chi connectivity index (χ0n) is 13.5. The molecule has 1 aliphatic rings. The van der Waals surface area contributed by atoms with Crippen molar-refractivity contribution in [3.8, 4) is 0 Å². The highest BCUT2D eigenvalue weighted by Gasteiger charge is 2.31. The van der Waals surface area contributed by atoms with Crippen LogP contribution in [0.3, 0.4) is 0 Å². The largest absolute Gasteiger partial charge is 0.416 e. The molecule has 0 spiro atoms. The van der Waals surface area contributed by atoms with Gasteiger partial charge in [-0.15, -0.1) is 0 Å². The Balaban J connectivity index is 1.88. The maximum Gasteiger partial charge on any atom is 0.416 e. The van der Waals surface area contributed by atoms with E-state index in [1.807, 2.05) is 0 Å². The SMILES string of the molecule is CCCCC1CCC(C(=O)Nc2cccc(C(F)(F)F)c2)CC1. The normalized spacial score (nSPS) is 21.9. The van der Waals surface area contributed by atoms with Gasteiger partial charge >= 0.3 is 6.18 Å². The molecule has 1 amide bonds. The van der Waals surface area contributed by atoms with Crippen molar-refractivity contribution < 1.29 is 18.0 Å². The molecule has 0 atom stereocenters. The highest BCUT2D eigenvalue weighted by molar-refractivity contribution is 5.92. The van der Waals surface area contributed by atoms with Crippen molar-refractivity contribution in [2.24, 2.45) is 11.8 Å². The van der Waals surface area contributed by atoms with Crippen molar-refractivity contribution in [1.82, 2.24) is 0 Å². The van der Waals surface area contributed by atoms with Gasteiger partial charge in [0.1, 0.15) is 0 Å². The molecule has 2 rings (SSSR count). The van der Waals surface area contributed by atoms with Crippen LogP contribution in [0.5, 0.6) is 0 Å². The molecule has 5 heteroatoms. The van der Waals surface area contributed by atoms with Gasteiger partial charge in [-0.3, -0.25) is 4.79 Å². The minimum Gasteiger partial charge on any atom is -0.326 e. The summed E-state index contributed by atoms with van der Waals surface area (Å²) in [5.41, 5.74) is -0.517. The molecule has 0 radical (unpaired) electrons. The smallest absolute Gasteiger partial charge is 0.326 e. The first-order chi connectivity index (χ1) is 10.9. The molecule has 1 aliphatic carbocycles. The molecule has 0 bridgehead atoms. The van der Waals surface area contributed by atoms with Crippen molar-refractivity contribution in [2.45, 2.75) is 58.0 Å². The zero-order chi connectivity index (χ0) is 16.9. The minimum atomic E-state index is -4.39. The summed E-state index contributed by atoms with van der Waals surface area (Å²) >= 11 is 0. The van der Waals surface area contributed by atoms with Crippen LogP contribution >= 0.6 is 0 Å². The molecule has 1 fully saturated rings. The van der Waals surface area contributed by atoms with Gasteiger partial charge in [-0.1, -0.05) is 32.3 Å². The zero-order valence-corrected chi connectivity index (χ0v) is 13.5. The summed E-state index contributed by atoms with van der Waals surface area (Å²) in [5.74, 6) is 0.466. The molecule has 128 valence electrons. The quantitative estimate of drug-likeness (QED) is 0.745. The van der Waals surface area contributed by atoms with Gasteiger partial charge in [0, 0.05) is 11.6 Å². The second kappa shape index (κ2) is 7.84. The summed E-state index contributed by atoms with van der Waals surface area (Å²) in [6.07, 6.45) is 3.00. The Labute approximate surface area is 135 Å². The van der Waals surface area contributed by atoms with Gasteiger partial charge in [-0.05, 0) is 49.8 Å². The molecular weight excluding hydrogens is 303 g/mol. The lowest BCUT2D eigenvalue weighted by atomic mass is 9.79. The molecule has 0 aliphatic heterocycles. The third-order valence-corrected chi connectivity index (χ3v) is 4.64. The van der Waals surface area contributed by atoms with Crippen molar-refractivity contribution >= 4 is 11.6 Å². The third-order valence-electron chi connectivity index (χ3n) is 4.64. The number of amides is 1. The summed E-state index contributed by atoms with van der Waals surface area (Å²) in [7, 11) is 0. The van der Waals surface area contributed by atoms with Crippen LogP contribution in [0.4, 0.5) is 18.9 Å². The average Bonchev–Trinajstić information content (AvgIpc) is 2.53. The number of hydrogen-bond acceptors (Lipinski definition) is 1. The molecule has 1 aromatic carbocycles. The lowest BCUT2D eigenvalue weighted by Gasteiger charge is -2.27. The fourth-order valence-electron chi connectivity index (χ4n) is 3.22. The lowest BCUT2D eigenvalue weighted by molar-refractivity contribution is -0.137. The number of unbranched alkanes of at least 4 members (excludes halogenated alkanes) is 1. The van der Waals surface area contributed by atoms with Crippen molar-refractivity contribution in [3.05, 3.63) is 29.8 Å². The number of hydrogen-bond donors (Lipinski definition) is 1. The Morgan fingerprint density at radius 3 is 2.52 bits per heavy atom. The fraction of sp³-hybridized carbons (Fsp3) is 0.611. The number of anilines is 1. The van der Waals surface area contributed by atoms with Gasteiger partial charge in [0.25, 0.3) is 0 Å². The van der Waals surface area contributed by atoms with E-state index < -0.39 is 11.7 Å². The van der Waals surface area contributed by atoms with Crippen molar-refractivity contribution in [1.29, 1.82) is 0 Å². The van der Waals surface area contributed by atoms with Gasteiger partial charge in [0.05, 0.1) is 5.56 Å². The maximum absolute atomic E-state index is 12.7. The summed E-state index contributed by atoms with van der Waals surface area (Å²) in [6.45, 7) is 2.17. The van der Waals surface area contributed by atoms with E-state index in [-0.39, 0.29) is 17.5 Å². The number of nitrogens with one attached hydrogen (secondary N) is 1. The first-order valence-corrected chi connectivity index (χ1v) is 8.38. The van der Waals surface area contributed by atoms with Gasteiger partial charge in [0.15, 0.2) is 0 Å². The summed E-state index contributed by atoms with van der Waals surface area (Å²) < 4.78 is 38.1. The molecule has 1 aromatic rings. The Hall–Kier alpha value is -1.52. The van der Waals surface area contributed by atoms with Crippen molar-refractivity contribution in [3.63, 3.8) is 0 Å². The molecule has 0 heterocycles. The molecule has 0 unspecified atom stereocenters. The highest BCUT2D eigenvalue weighted by Crippen LogP contribution is 2.33. The van der Waals surface area contributed by atoms with E-state index in [2.05, 4.69) is 12.2 Å². The van der Waals surface area contributed by atoms with Crippen molar-refractivity contribution in [2.75, 3.05) is 5.32 Å². The Bertz CT molecular complexity index is 519. The van der Waals surface area contributed by atoms with Crippen LogP contribution < -0.4 is 5.32 Å². The van der Waals surface area contributed by atoms with Gasteiger partial charge < -0.3 is 5.32 Å². The number of rotatable bonds is 5. The second-order valence-corrected chi connectivity index (χ2v) is 6.43. The first kappa shape index (κ1) is 17.8. The van der Waals surface area contributed by atoms with E-state index in [0.29, 0.717) is 5.92 Å². The molecule has 23 heavy (non-hydrogen) atoms. The lowest BCUT2D eigenvalue weighted by Crippen LogP contribution is -2.27. The fourth-order valence-corrected chi connectivity index (χ4v) is 3.22. The monoisotopic (exact) mass is 327 g/mol. The molecule has 0 aromatic heterocycles. The minimum absolute atomic E-state index is 0.0811. The third kappa shape index (κ3) is 5.26. The highest BCUT2D eigenvalue weighted by atomic mass is 19.4. The van der Waals surface area contributed by atoms with E-state index in [4.69, 9.17) is 0 Å². The van der Waals surface area contributed by atoms with Gasteiger partial charge in [0.2, 0.25) is 5.91 Å². The number of halogens is 3. The van der Waals surface area contributed by atoms with Crippen LogP contribution in [0.25, 0.3) is 0 Å². The van der Waals surface area contributed by atoms with Crippen LogP contribution in [-0.4, -0.2) is 5.91 Å². The van der Waals surface area contributed by atoms with Crippen LogP contribution in [0.2, 0.25) is 0 Å². The molecule has 2 nitrogen and oxygen atoms in total. The Morgan fingerprint density at radius 2 is 1.91 bits per heavy atom. The van der Waals surface area contributed by atoms with E-state index in [0.717, 1.165) is 37.8 Å². The van der Waals surface area contributed by atoms with Crippen LogP contribution in [0.15, 0.2) is 24.3 Å². The molecular formula is C18H24F3NO. The van der Waals surface area contributed by atoms with Gasteiger partial charge in [-0.25, -0.2) is 0 Å². The predicted molar refractivity (Wildman–Crippen MR) is 85.0 cm³/mol. The van der Waals surface area contributed by atoms with Gasteiger partial charge in [-0.2, -0.15) is 13.2 Å². The van der Waals surface area contributed by atoms with E-state index in [1.165, 1.54) is 31.4 Å². The first-order valence-electron chi connectivity index (χ1n) is 8.38. The topological polar surface area (TPSA) is 29.1 Å². The number of carbonyl (C=O) groups is 1. The summed E-state index contributed by atoms with van der Waals surface area (Å²) in [4.78, 5) is 12.3. The van der Waals surface area contributed by atoms with E-state index >= 15 is 0 Å². The summed E-state index contributed by atoms with van der Waals surface area (Å²) in [6, 6.07) is 4.82. The second-order valence-electron chi connectivity index (χ2n) is 6.43. The molecule has 1 saturated carbocycles. The Morgan fingerprint density at radius 1 is 1.22 bits per heavy atom. The Kier molecular flexibility index (Phi) is 6.08. The molecule has 0 saturated heterocycles. The van der Waals surface area contributed by atoms with Crippen LogP contribution in [0, 0.1) is 11.8 Å². The maximum atomic E-state index is 12.7. The van der Waals surface area contributed by atoms with E-state index in [1.54, 1.807) is 0 Å². The summed E-state index contributed by atoms with van der Waals surface area (Å²) in [5, 5.41) is 2.64. The average molecular weight is 327 g/mol. The number of benzene rings is 1. The standard InChI is InChI=1S/C18H24F3NO/c1-2-3-5-13-8-10-14(11-9-13)17(23)22-16-7-4-6-15(12-16)18(19,20)21/h4,6-7,12-14H,2-3,5,8-11H2,1H3,(H,22,23). The van der Waals surface area contributed by atoms with Crippen LogP contribution in [0.1, 0.15) is 57.4 Å². The number of carbonyl (C=O) groups excluding carboxylic acids is 1.